The van der Waals surface area contributed by atoms with Crippen LogP contribution in [0.1, 0.15) is 55.5 Å². The molecule has 0 aromatic heterocycles. The first-order valence-corrected chi connectivity index (χ1v) is 6.53. The third-order valence-corrected chi connectivity index (χ3v) is 2.95. The van der Waals surface area contributed by atoms with E-state index >= 15 is 0 Å². The molecule has 0 fully saturated rings. The van der Waals surface area contributed by atoms with Gasteiger partial charge in [-0.15, -0.1) is 0 Å². The first kappa shape index (κ1) is 13.7. The normalized spacial score (nSPS) is 11.2. The SMILES string of the molecule is CCCC(/C=C/c1ccc(C=O)cc1)CCC. The number of rotatable bonds is 7. The molecule has 0 aliphatic carbocycles. The van der Waals surface area contributed by atoms with Gasteiger partial charge in [0.05, 0.1) is 0 Å². The molecule has 0 atom stereocenters. The van der Waals surface area contributed by atoms with Crippen molar-refractivity contribution in [2.75, 3.05) is 0 Å². The smallest absolute Gasteiger partial charge is 0.150 e. The lowest BCUT2D eigenvalue weighted by Crippen LogP contribution is -1.94. The van der Waals surface area contributed by atoms with Gasteiger partial charge in [0.15, 0.2) is 0 Å². The van der Waals surface area contributed by atoms with Crippen LogP contribution in [0.2, 0.25) is 0 Å². The highest BCUT2D eigenvalue weighted by Gasteiger charge is 2.01. The summed E-state index contributed by atoms with van der Waals surface area (Å²) in [5.74, 6) is 0.691. The molecule has 0 bridgehead atoms. The molecule has 0 aliphatic rings. The molecule has 1 aromatic rings. The van der Waals surface area contributed by atoms with Crippen molar-refractivity contribution in [3.63, 3.8) is 0 Å². The van der Waals surface area contributed by atoms with E-state index in [-0.39, 0.29) is 0 Å². The summed E-state index contributed by atoms with van der Waals surface area (Å²) in [5.41, 5.74) is 1.91. The Morgan fingerprint density at radius 3 is 2.00 bits per heavy atom. The molecule has 0 aliphatic heterocycles. The van der Waals surface area contributed by atoms with Gasteiger partial charge in [-0.3, -0.25) is 4.79 Å². The number of hydrogen-bond donors (Lipinski definition) is 0. The third-order valence-electron chi connectivity index (χ3n) is 2.95. The van der Waals surface area contributed by atoms with Crippen LogP contribution in [0, 0.1) is 5.92 Å². The van der Waals surface area contributed by atoms with E-state index in [9.17, 15) is 4.79 Å². The molecule has 0 saturated heterocycles. The standard InChI is InChI=1S/C16H22O/c1-3-5-14(6-4-2)7-8-15-9-11-16(13-17)12-10-15/h7-14H,3-6H2,1-2H3/b8-7+. The van der Waals surface area contributed by atoms with E-state index in [1.54, 1.807) is 0 Å². The minimum atomic E-state index is 0.691. The molecule has 1 heteroatoms. The second-order valence-corrected chi connectivity index (χ2v) is 4.48. The molecular weight excluding hydrogens is 208 g/mol. The van der Waals surface area contributed by atoms with Crippen LogP contribution in [0.25, 0.3) is 6.08 Å². The van der Waals surface area contributed by atoms with Gasteiger partial charge >= 0.3 is 0 Å². The number of aldehydes is 1. The summed E-state index contributed by atoms with van der Waals surface area (Å²) in [6.07, 6.45) is 10.4. The summed E-state index contributed by atoms with van der Waals surface area (Å²) < 4.78 is 0. The summed E-state index contributed by atoms with van der Waals surface area (Å²) >= 11 is 0. The predicted octanol–water partition coefficient (Wildman–Crippen LogP) is 4.73. The van der Waals surface area contributed by atoms with Gasteiger partial charge in [-0.25, -0.2) is 0 Å². The van der Waals surface area contributed by atoms with Crippen molar-refractivity contribution < 1.29 is 4.79 Å². The van der Waals surface area contributed by atoms with Crippen molar-refractivity contribution in [1.82, 2.24) is 0 Å². The van der Waals surface area contributed by atoms with Crippen LogP contribution in [-0.4, -0.2) is 6.29 Å². The Bertz CT molecular complexity index is 342. The van der Waals surface area contributed by atoms with Gasteiger partial charge in [0.1, 0.15) is 6.29 Å². The van der Waals surface area contributed by atoms with Crippen LogP contribution in [0.5, 0.6) is 0 Å². The molecule has 0 spiro atoms. The van der Waals surface area contributed by atoms with E-state index < -0.39 is 0 Å². The van der Waals surface area contributed by atoms with Gasteiger partial charge in [-0.2, -0.15) is 0 Å². The van der Waals surface area contributed by atoms with E-state index in [0.717, 1.165) is 11.8 Å². The average Bonchev–Trinajstić information content (AvgIpc) is 2.37. The summed E-state index contributed by atoms with van der Waals surface area (Å²) in [4.78, 5) is 10.5. The minimum Gasteiger partial charge on any atom is -0.298 e. The molecule has 1 aromatic carbocycles. The number of benzene rings is 1. The Hall–Kier alpha value is -1.37. The molecule has 1 rings (SSSR count). The molecule has 92 valence electrons. The zero-order valence-corrected chi connectivity index (χ0v) is 10.9. The Morgan fingerprint density at radius 2 is 1.53 bits per heavy atom. The fourth-order valence-electron chi connectivity index (χ4n) is 2.01. The maximum Gasteiger partial charge on any atom is 0.150 e. The fraction of sp³-hybridized carbons (Fsp3) is 0.438. The topological polar surface area (TPSA) is 17.1 Å². The molecule has 0 unspecified atom stereocenters. The van der Waals surface area contributed by atoms with E-state index in [1.165, 1.54) is 31.2 Å². The van der Waals surface area contributed by atoms with Crippen molar-refractivity contribution in [2.24, 2.45) is 5.92 Å². The molecule has 0 amide bonds. The zero-order valence-electron chi connectivity index (χ0n) is 10.9. The van der Waals surface area contributed by atoms with Crippen LogP contribution in [-0.2, 0) is 0 Å². The lowest BCUT2D eigenvalue weighted by molar-refractivity contribution is 0.112. The molecule has 0 saturated carbocycles. The first-order chi connectivity index (χ1) is 8.30. The molecule has 0 N–H and O–H groups in total. The Labute approximate surface area is 105 Å². The largest absolute Gasteiger partial charge is 0.298 e. The van der Waals surface area contributed by atoms with Gasteiger partial charge in [-0.05, 0) is 24.3 Å². The maximum absolute atomic E-state index is 10.5. The number of carbonyl (C=O) groups is 1. The van der Waals surface area contributed by atoms with Gasteiger partial charge in [0.2, 0.25) is 0 Å². The third kappa shape index (κ3) is 4.99. The van der Waals surface area contributed by atoms with Gasteiger partial charge in [0, 0.05) is 5.56 Å². The van der Waals surface area contributed by atoms with Crippen molar-refractivity contribution >= 4 is 12.4 Å². The maximum atomic E-state index is 10.5. The molecule has 0 heterocycles. The zero-order chi connectivity index (χ0) is 12.5. The quantitative estimate of drug-likeness (QED) is 0.619. The highest BCUT2D eigenvalue weighted by Crippen LogP contribution is 2.16. The monoisotopic (exact) mass is 230 g/mol. The molecular formula is C16H22O. The van der Waals surface area contributed by atoms with Gasteiger partial charge < -0.3 is 0 Å². The molecule has 0 radical (unpaired) electrons. The predicted molar refractivity (Wildman–Crippen MR) is 74.2 cm³/mol. The first-order valence-electron chi connectivity index (χ1n) is 6.53. The van der Waals surface area contributed by atoms with Crippen LogP contribution >= 0.6 is 0 Å². The van der Waals surface area contributed by atoms with Crippen LogP contribution in [0.15, 0.2) is 30.3 Å². The molecule has 17 heavy (non-hydrogen) atoms. The van der Waals surface area contributed by atoms with Crippen LogP contribution < -0.4 is 0 Å². The van der Waals surface area contributed by atoms with Crippen molar-refractivity contribution in [1.29, 1.82) is 0 Å². The van der Waals surface area contributed by atoms with E-state index in [2.05, 4.69) is 26.0 Å². The van der Waals surface area contributed by atoms with Crippen molar-refractivity contribution in [3.8, 4) is 0 Å². The lowest BCUT2D eigenvalue weighted by Gasteiger charge is -2.09. The van der Waals surface area contributed by atoms with Crippen molar-refractivity contribution in [3.05, 3.63) is 41.5 Å². The summed E-state index contributed by atoms with van der Waals surface area (Å²) in [6.45, 7) is 4.46. The van der Waals surface area contributed by atoms with Crippen LogP contribution in [0.4, 0.5) is 0 Å². The van der Waals surface area contributed by atoms with E-state index in [0.29, 0.717) is 5.92 Å². The number of carbonyl (C=O) groups excluding carboxylic acids is 1. The second kappa shape index (κ2) is 7.83. The minimum absolute atomic E-state index is 0.691. The lowest BCUT2D eigenvalue weighted by atomic mass is 9.97. The fourth-order valence-corrected chi connectivity index (χ4v) is 2.01. The summed E-state index contributed by atoms with van der Waals surface area (Å²) in [5, 5.41) is 0. The Balaban J connectivity index is 2.62. The highest BCUT2D eigenvalue weighted by molar-refractivity contribution is 5.75. The Kier molecular flexibility index (Phi) is 6.31. The van der Waals surface area contributed by atoms with Crippen LogP contribution in [0.3, 0.4) is 0 Å². The second-order valence-electron chi connectivity index (χ2n) is 4.48. The van der Waals surface area contributed by atoms with E-state index in [4.69, 9.17) is 0 Å². The average molecular weight is 230 g/mol. The Morgan fingerprint density at radius 1 is 1.00 bits per heavy atom. The van der Waals surface area contributed by atoms with E-state index in [1.807, 2.05) is 24.3 Å². The van der Waals surface area contributed by atoms with Gasteiger partial charge in [-0.1, -0.05) is 63.1 Å². The summed E-state index contributed by atoms with van der Waals surface area (Å²) in [7, 11) is 0. The van der Waals surface area contributed by atoms with Crippen molar-refractivity contribution in [2.45, 2.75) is 39.5 Å². The number of hydrogen-bond acceptors (Lipinski definition) is 1. The molecule has 1 nitrogen and oxygen atoms in total. The highest BCUT2D eigenvalue weighted by atomic mass is 16.1. The number of allylic oxidation sites excluding steroid dienone is 1. The summed E-state index contributed by atoms with van der Waals surface area (Å²) in [6, 6.07) is 7.72. The van der Waals surface area contributed by atoms with Gasteiger partial charge in [0.25, 0.3) is 0 Å².